The second-order valence-corrected chi connectivity index (χ2v) is 4.99. The Kier molecular flexibility index (Phi) is 3.20. The van der Waals surface area contributed by atoms with Crippen molar-refractivity contribution in [2.75, 3.05) is 0 Å². The van der Waals surface area contributed by atoms with Crippen LogP contribution in [0.4, 0.5) is 0 Å². The molecule has 1 rings (SSSR count). The lowest BCUT2D eigenvalue weighted by Gasteiger charge is -2.20. The first-order valence-electron chi connectivity index (χ1n) is 5.59. The molecule has 12 heavy (non-hydrogen) atoms. The van der Waals surface area contributed by atoms with Crippen LogP contribution in [0.25, 0.3) is 0 Å². The molecule has 0 spiro atoms. The highest BCUT2D eigenvalue weighted by Crippen LogP contribution is 2.53. The van der Waals surface area contributed by atoms with Crippen LogP contribution >= 0.6 is 0 Å². The van der Waals surface area contributed by atoms with Crippen LogP contribution in [0.2, 0.25) is 0 Å². The zero-order valence-corrected chi connectivity index (χ0v) is 9.30. The van der Waals surface area contributed by atoms with E-state index >= 15 is 0 Å². The number of hydrogen-bond donors (Lipinski definition) is 0. The van der Waals surface area contributed by atoms with E-state index in [1.807, 2.05) is 0 Å². The van der Waals surface area contributed by atoms with Crippen molar-refractivity contribution in [1.29, 1.82) is 0 Å². The van der Waals surface area contributed by atoms with Gasteiger partial charge in [-0.05, 0) is 29.6 Å². The largest absolute Gasteiger partial charge is 0.0654 e. The van der Waals surface area contributed by atoms with Gasteiger partial charge in [0.25, 0.3) is 0 Å². The highest BCUT2D eigenvalue weighted by atomic mass is 14.5. The monoisotopic (exact) mass is 168 g/mol. The van der Waals surface area contributed by atoms with Gasteiger partial charge in [-0.1, -0.05) is 47.5 Å². The third kappa shape index (κ3) is 1.84. The molecule has 0 heteroatoms. The molecular formula is C12H24. The molecule has 3 unspecified atom stereocenters. The van der Waals surface area contributed by atoms with Crippen molar-refractivity contribution in [3.63, 3.8) is 0 Å². The predicted molar refractivity (Wildman–Crippen MR) is 55.1 cm³/mol. The molecule has 0 aromatic rings. The minimum Gasteiger partial charge on any atom is -0.0654 e. The standard InChI is InChI=1S/C12H24/c1-6-7-11(8(2)3)12-9(4)10(12)5/h8-12H,6-7H2,1-5H3. The lowest BCUT2D eigenvalue weighted by atomic mass is 9.85. The molecule has 0 saturated heterocycles. The molecule has 0 amide bonds. The van der Waals surface area contributed by atoms with Gasteiger partial charge in [-0.3, -0.25) is 0 Å². The van der Waals surface area contributed by atoms with E-state index < -0.39 is 0 Å². The Hall–Kier alpha value is 0. The number of rotatable bonds is 4. The van der Waals surface area contributed by atoms with Crippen molar-refractivity contribution in [3.8, 4) is 0 Å². The summed E-state index contributed by atoms with van der Waals surface area (Å²) in [5, 5.41) is 0. The third-order valence-corrected chi connectivity index (χ3v) is 3.88. The van der Waals surface area contributed by atoms with E-state index in [1.54, 1.807) is 0 Å². The van der Waals surface area contributed by atoms with Crippen LogP contribution < -0.4 is 0 Å². The van der Waals surface area contributed by atoms with Crippen LogP contribution in [-0.2, 0) is 0 Å². The molecule has 0 bridgehead atoms. The summed E-state index contributed by atoms with van der Waals surface area (Å²) in [4.78, 5) is 0. The van der Waals surface area contributed by atoms with Crippen LogP contribution in [0, 0.1) is 29.6 Å². The summed E-state index contributed by atoms with van der Waals surface area (Å²) in [6.45, 7) is 11.9. The Bertz CT molecular complexity index is 129. The Morgan fingerprint density at radius 1 is 1.08 bits per heavy atom. The van der Waals surface area contributed by atoms with Gasteiger partial charge in [-0.25, -0.2) is 0 Å². The van der Waals surface area contributed by atoms with Crippen molar-refractivity contribution in [2.45, 2.75) is 47.5 Å². The Labute approximate surface area is 77.7 Å². The summed E-state index contributed by atoms with van der Waals surface area (Å²) in [5.41, 5.74) is 0. The zero-order chi connectivity index (χ0) is 9.30. The van der Waals surface area contributed by atoms with Crippen LogP contribution in [-0.4, -0.2) is 0 Å². The first-order valence-corrected chi connectivity index (χ1v) is 5.59. The SMILES string of the molecule is CCCC(C(C)C)C1C(C)C1C. The summed E-state index contributed by atoms with van der Waals surface area (Å²) in [6.07, 6.45) is 2.80. The quantitative estimate of drug-likeness (QED) is 0.596. The Morgan fingerprint density at radius 3 is 1.83 bits per heavy atom. The molecular weight excluding hydrogens is 144 g/mol. The van der Waals surface area contributed by atoms with Gasteiger partial charge < -0.3 is 0 Å². The average Bonchev–Trinajstić information content (AvgIpc) is 2.56. The van der Waals surface area contributed by atoms with Crippen molar-refractivity contribution in [1.82, 2.24) is 0 Å². The van der Waals surface area contributed by atoms with Gasteiger partial charge >= 0.3 is 0 Å². The van der Waals surface area contributed by atoms with E-state index in [0.717, 1.165) is 29.6 Å². The molecule has 72 valence electrons. The topological polar surface area (TPSA) is 0 Å². The maximum absolute atomic E-state index is 2.42. The molecule has 0 radical (unpaired) electrons. The van der Waals surface area contributed by atoms with E-state index in [1.165, 1.54) is 12.8 Å². The molecule has 1 aliphatic carbocycles. The minimum absolute atomic E-state index is 0.891. The summed E-state index contributed by atoms with van der Waals surface area (Å²) in [5.74, 6) is 4.94. The first kappa shape index (κ1) is 10.1. The summed E-state index contributed by atoms with van der Waals surface area (Å²) < 4.78 is 0. The van der Waals surface area contributed by atoms with Gasteiger partial charge in [0.05, 0.1) is 0 Å². The third-order valence-electron chi connectivity index (χ3n) is 3.88. The van der Waals surface area contributed by atoms with Gasteiger partial charge in [0.2, 0.25) is 0 Å². The second-order valence-electron chi connectivity index (χ2n) is 4.99. The molecule has 1 saturated carbocycles. The van der Waals surface area contributed by atoms with Gasteiger partial charge in [-0.15, -0.1) is 0 Å². The predicted octanol–water partition coefficient (Wildman–Crippen LogP) is 3.96. The molecule has 3 atom stereocenters. The van der Waals surface area contributed by atoms with Gasteiger partial charge in [-0.2, -0.15) is 0 Å². The molecule has 0 aromatic carbocycles. The highest BCUT2D eigenvalue weighted by Gasteiger charge is 2.47. The fraction of sp³-hybridized carbons (Fsp3) is 1.00. The van der Waals surface area contributed by atoms with Crippen molar-refractivity contribution in [2.24, 2.45) is 29.6 Å². The van der Waals surface area contributed by atoms with Gasteiger partial charge in [0.1, 0.15) is 0 Å². The lowest BCUT2D eigenvalue weighted by molar-refractivity contribution is 0.296. The summed E-state index contributed by atoms with van der Waals surface area (Å²) >= 11 is 0. The van der Waals surface area contributed by atoms with E-state index in [0.29, 0.717) is 0 Å². The normalized spacial score (nSPS) is 37.0. The summed E-state index contributed by atoms with van der Waals surface area (Å²) in [7, 11) is 0. The molecule has 1 fully saturated rings. The van der Waals surface area contributed by atoms with Gasteiger partial charge in [0, 0.05) is 0 Å². The Morgan fingerprint density at radius 2 is 1.58 bits per heavy atom. The fourth-order valence-corrected chi connectivity index (χ4v) is 2.78. The Balaban J connectivity index is 2.44. The highest BCUT2D eigenvalue weighted by molar-refractivity contribution is 4.95. The van der Waals surface area contributed by atoms with E-state index in [2.05, 4.69) is 34.6 Å². The minimum atomic E-state index is 0.891. The molecule has 0 nitrogen and oxygen atoms in total. The van der Waals surface area contributed by atoms with Crippen LogP contribution in [0.5, 0.6) is 0 Å². The van der Waals surface area contributed by atoms with Gasteiger partial charge in [0.15, 0.2) is 0 Å². The zero-order valence-electron chi connectivity index (χ0n) is 9.30. The van der Waals surface area contributed by atoms with E-state index in [9.17, 15) is 0 Å². The fourth-order valence-electron chi connectivity index (χ4n) is 2.78. The van der Waals surface area contributed by atoms with Crippen molar-refractivity contribution < 1.29 is 0 Å². The maximum atomic E-state index is 2.42. The smallest absolute Gasteiger partial charge is 0.0327 e. The van der Waals surface area contributed by atoms with Crippen LogP contribution in [0.1, 0.15) is 47.5 Å². The second kappa shape index (κ2) is 3.81. The maximum Gasteiger partial charge on any atom is -0.0327 e. The molecule has 0 aromatic heterocycles. The molecule has 0 N–H and O–H groups in total. The summed E-state index contributed by atoms with van der Waals surface area (Å²) in [6, 6.07) is 0. The van der Waals surface area contributed by atoms with Crippen molar-refractivity contribution in [3.05, 3.63) is 0 Å². The lowest BCUT2D eigenvalue weighted by Crippen LogP contribution is -2.12. The number of hydrogen-bond acceptors (Lipinski definition) is 0. The van der Waals surface area contributed by atoms with Crippen LogP contribution in [0.15, 0.2) is 0 Å². The first-order chi connectivity index (χ1) is 5.59. The van der Waals surface area contributed by atoms with Crippen LogP contribution in [0.3, 0.4) is 0 Å². The van der Waals surface area contributed by atoms with Crippen molar-refractivity contribution >= 4 is 0 Å². The molecule has 0 heterocycles. The van der Waals surface area contributed by atoms with E-state index in [4.69, 9.17) is 0 Å². The molecule has 1 aliphatic rings. The molecule has 0 aliphatic heterocycles. The average molecular weight is 168 g/mol. The van der Waals surface area contributed by atoms with E-state index in [-0.39, 0.29) is 0 Å².